The molecule has 9 nitrogen and oxygen atoms in total. The molecule has 2 rings (SSSR count). The number of halogens is 2. The fourth-order valence-corrected chi connectivity index (χ4v) is 5.37. The van der Waals surface area contributed by atoms with Crippen LogP contribution >= 0.6 is 23.2 Å². The molecule has 0 spiro atoms. The zero-order valence-corrected chi connectivity index (χ0v) is 20.9. The molecule has 0 aliphatic heterocycles. The number of hydrogen-bond donors (Lipinski definition) is 2. The van der Waals surface area contributed by atoms with Gasteiger partial charge >= 0.3 is 0 Å². The van der Waals surface area contributed by atoms with Gasteiger partial charge in [0.15, 0.2) is 0 Å². The number of methoxy groups -OCH3 is 1. The number of benzene rings is 2. The Hall–Kier alpha value is -2.05. The number of sulfonamides is 2. The van der Waals surface area contributed by atoms with Gasteiger partial charge in [-0.05, 0) is 50.2 Å². The molecule has 0 bridgehead atoms. The molecule has 0 fully saturated rings. The minimum atomic E-state index is -3.88. The molecule has 13 heteroatoms. The lowest BCUT2D eigenvalue weighted by molar-refractivity contribution is -0.114. The molecule has 0 atom stereocenters. The van der Waals surface area contributed by atoms with Crippen molar-refractivity contribution in [2.45, 2.75) is 24.8 Å². The Kier molecular flexibility index (Phi) is 8.40. The van der Waals surface area contributed by atoms with Gasteiger partial charge in [-0.2, -0.15) is 0 Å². The van der Waals surface area contributed by atoms with E-state index in [9.17, 15) is 21.6 Å². The van der Waals surface area contributed by atoms with Crippen LogP contribution in [-0.4, -0.2) is 48.7 Å². The van der Waals surface area contributed by atoms with Crippen LogP contribution in [0, 0.1) is 0 Å². The quantitative estimate of drug-likeness (QED) is 0.520. The highest BCUT2D eigenvalue weighted by Gasteiger charge is 2.23. The summed E-state index contributed by atoms with van der Waals surface area (Å²) < 4.78 is 58.0. The third-order valence-electron chi connectivity index (χ3n) is 3.97. The molecule has 0 aromatic heterocycles. The lowest BCUT2D eigenvalue weighted by atomic mass is 10.3. The zero-order valence-electron chi connectivity index (χ0n) is 17.7. The van der Waals surface area contributed by atoms with Crippen molar-refractivity contribution >= 4 is 60.5 Å². The smallest absolute Gasteiger partial charge is 0.245 e. The molecule has 0 heterocycles. The number of carbonyl (C=O) groups is 1. The Morgan fingerprint density at radius 3 is 2.16 bits per heavy atom. The first-order valence-corrected chi connectivity index (χ1v) is 13.3. The first kappa shape index (κ1) is 26.2. The number of carbonyl (C=O) groups excluding carboxylic acids is 1. The van der Waals surface area contributed by atoms with Gasteiger partial charge in [-0.1, -0.05) is 23.2 Å². The van der Waals surface area contributed by atoms with Gasteiger partial charge < -0.3 is 10.1 Å². The van der Waals surface area contributed by atoms with Gasteiger partial charge in [0.25, 0.3) is 0 Å². The van der Waals surface area contributed by atoms with Crippen molar-refractivity contribution in [3.8, 4) is 5.75 Å². The lowest BCUT2D eigenvalue weighted by Gasteiger charge is -2.22. The van der Waals surface area contributed by atoms with Gasteiger partial charge in [-0.3, -0.25) is 9.10 Å². The summed E-state index contributed by atoms with van der Waals surface area (Å²) >= 11 is 11.9. The summed E-state index contributed by atoms with van der Waals surface area (Å²) in [6.45, 7) is 2.73. The third kappa shape index (κ3) is 6.97. The maximum Gasteiger partial charge on any atom is 0.245 e. The van der Waals surface area contributed by atoms with Gasteiger partial charge in [-0.25, -0.2) is 21.6 Å². The van der Waals surface area contributed by atoms with Crippen molar-refractivity contribution < 1.29 is 26.4 Å². The topological polar surface area (TPSA) is 122 Å². The second-order valence-corrected chi connectivity index (χ2v) is 11.6. The Morgan fingerprint density at radius 1 is 1.06 bits per heavy atom. The molecule has 0 saturated heterocycles. The van der Waals surface area contributed by atoms with Crippen molar-refractivity contribution in [2.24, 2.45) is 0 Å². The average molecular weight is 524 g/mol. The highest BCUT2D eigenvalue weighted by molar-refractivity contribution is 7.92. The highest BCUT2D eigenvalue weighted by atomic mass is 35.5. The number of nitrogens with zero attached hydrogens (tertiary/aromatic N) is 1. The van der Waals surface area contributed by atoms with Crippen LogP contribution in [-0.2, 0) is 24.8 Å². The summed E-state index contributed by atoms with van der Waals surface area (Å²) in [5, 5.41) is 2.89. The molecule has 0 radical (unpaired) electrons. The lowest BCUT2D eigenvalue weighted by Crippen LogP contribution is -2.37. The molecular weight excluding hydrogens is 501 g/mol. The van der Waals surface area contributed by atoms with E-state index in [0.717, 1.165) is 10.6 Å². The first-order chi connectivity index (χ1) is 14.7. The minimum Gasteiger partial charge on any atom is -0.495 e. The molecule has 2 aromatic carbocycles. The summed E-state index contributed by atoms with van der Waals surface area (Å²) in [5.41, 5.74) is 0.159. The SMILES string of the molecule is COc1ccc(S(=O)(=O)NC(C)C)cc1NC(=O)CN(c1cc(Cl)cc(Cl)c1)S(C)(=O)=O. The summed E-state index contributed by atoms with van der Waals surface area (Å²) in [5.74, 6) is -0.547. The number of anilines is 2. The Bertz CT molecular complexity index is 1200. The number of hydrogen-bond acceptors (Lipinski definition) is 6. The maximum atomic E-state index is 12.7. The van der Waals surface area contributed by atoms with E-state index in [0.29, 0.717) is 0 Å². The molecular formula is C19H23Cl2N3O6S2. The Morgan fingerprint density at radius 2 is 1.66 bits per heavy atom. The highest BCUT2D eigenvalue weighted by Crippen LogP contribution is 2.29. The summed E-state index contributed by atoms with van der Waals surface area (Å²) in [6.07, 6.45) is 0.931. The summed E-state index contributed by atoms with van der Waals surface area (Å²) in [4.78, 5) is 12.6. The van der Waals surface area contributed by atoms with Gasteiger partial charge in [0.05, 0.1) is 29.6 Å². The van der Waals surface area contributed by atoms with Crippen molar-refractivity contribution in [3.05, 3.63) is 46.4 Å². The van der Waals surface area contributed by atoms with E-state index in [-0.39, 0.29) is 38.1 Å². The fraction of sp³-hybridized carbons (Fsp3) is 0.316. The molecule has 0 aliphatic carbocycles. The zero-order chi connectivity index (χ0) is 24.3. The van der Waals surface area contributed by atoms with Gasteiger partial charge in [0.1, 0.15) is 12.3 Å². The van der Waals surface area contributed by atoms with Gasteiger partial charge in [0, 0.05) is 16.1 Å². The van der Waals surface area contributed by atoms with Crippen LogP contribution in [0.4, 0.5) is 11.4 Å². The van der Waals surface area contributed by atoms with Crippen molar-refractivity contribution in [1.29, 1.82) is 0 Å². The standard InChI is InChI=1S/C19H23Cl2N3O6S2/c1-12(2)23-32(28,29)16-5-6-18(30-3)17(10-16)22-19(25)11-24(31(4,26)27)15-8-13(20)7-14(21)9-15/h5-10,12,23H,11H2,1-4H3,(H,22,25). The van der Waals surface area contributed by atoms with E-state index in [4.69, 9.17) is 27.9 Å². The van der Waals surface area contributed by atoms with Crippen LogP contribution < -0.4 is 19.1 Å². The fourth-order valence-electron chi connectivity index (χ4n) is 2.73. The van der Waals surface area contributed by atoms with Gasteiger partial charge in [-0.15, -0.1) is 0 Å². The van der Waals surface area contributed by atoms with Gasteiger partial charge in [0.2, 0.25) is 26.0 Å². The van der Waals surface area contributed by atoms with Crippen molar-refractivity contribution in [3.63, 3.8) is 0 Å². The summed E-state index contributed by atoms with van der Waals surface area (Å²) in [7, 11) is -6.37. The van der Waals surface area contributed by atoms with Crippen LogP contribution in [0.1, 0.15) is 13.8 Å². The number of ether oxygens (including phenoxy) is 1. The second kappa shape index (κ2) is 10.3. The number of rotatable bonds is 9. The molecule has 0 saturated carbocycles. The van der Waals surface area contributed by atoms with Crippen molar-refractivity contribution in [1.82, 2.24) is 4.72 Å². The van der Waals surface area contributed by atoms with Crippen LogP contribution in [0.15, 0.2) is 41.3 Å². The normalized spacial score (nSPS) is 12.0. The van der Waals surface area contributed by atoms with Crippen LogP contribution in [0.25, 0.3) is 0 Å². The number of amides is 1. The molecule has 32 heavy (non-hydrogen) atoms. The third-order valence-corrected chi connectivity index (χ3v) is 7.20. The van der Waals surface area contributed by atoms with E-state index in [1.54, 1.807) is 13.8 Å². The molecule has 0 unspecified atom stereocenters. The number of nitrogens with one attached hydrogen (secondary N) is 2. The minimum absolute atomic E-state index is 0.0571. The van der Waals surface area contributed by atoms with Crippen molar-refractivity contribution in [2.75, 3.05) is 29.5 Å². The molecule has 2 N–H and O–H groups in total. The predicted molar refractivity (Wildman–Crippen MR) is 126 cm³/mol. The molecule has 1 amide bonds. The monoisotopic (exact) mass is 523 g/mol. The Labute approximate surface area is 197 Å². The largest absolute Gasteiger partial charge is 0.495 e. The first-order valence-electron chi connectivity index (χ1n) is 9.17. The van der Waals surface area contributed by atoms with Crippen LogP contribution in [0.2, 0.25) is 10.0 Å². The van der Waals surface area contributed by atoms with Crippen LogP contribution in [0.3, 0.4) is 0 Å². The predicted octanol–water partition coefficient (Wildman–Crippen LogP) is 3.09. The van der Waals surface area contributed by atoms with E-state index < -0.39 is 32.5 Å². The molecule has 176 valence electrons. The molecule has 0 aliphatic rings. The van der Waals surface area contributed by atoms with E-state index in [1.807, 2.05) is 0 Å². The summed E-state index contributed by atoms with van der Waals surface area (Å²) in [6, 6.07) is 7.73. The maximum absolute atomic E-state index is 12.7. The van der Waals surface area contributed by atoms with Crippen LogP contribution in [0.5, 0.6) is 5.75 Å². The Balaban J connectivity index is 2.36. The average Bonchev–Trinajstić information content (AvgIpc) is 2.63. The molecule has 2 aromatic rings. The van der Waals surface area contributed by atoms with E-state index in [1.165, 1.54) is 43.5 Å². The van der Waals surface area contributed by atoms with E-state index >= 15 is 0 Å². The second-order valence-electron chi connectivity index (χ2n) is 7.08. The van der Waals surface area contributed by atoms with E-state index in [2.05, 4.69) is 10.0 Å².